The second-order valence-electron chi connectivity index (χ2n) is 6.14. The summed E-state index contributed by atoms with van der Waals surface area (Å²) in [5, 5.41) is 21.1. The van der Waals surface area contributed by atoms with Crippen molar-refractivity contribution in [2.75, 3.05) is 5.75 Å². The van der Waals surface area contributed by atoms with E-state index in [4.69, 9.17) is 10.00 Å². The van der Waals surface area contributed by atoms with E-state index in [9.17, 15) is 18.3 Å². The molecule has 2 aromatic carbocycles. The quantitative estimate of drug-likeness (QED) is 0.728. The van der Waals surface area contributed by atoms with Crippen LogP contribution >= 0.6 is 10.5 Å². The van der Waals surface area contributed by atoms with Gasteiger partial charge in [-0.2, -0.15) is 15.7 Å². The van der Waals surface area contributed by atoms with Gasteiger partial charge in [-0.25, -0.2) is 13.2 Å². The third-order valence-electron chi connectivity index (χ3n) is 4.47. The van der Waals surface area contributed by atoms with Gasteiger partial charge in [-0.05, 0) is 36.9 Å². The summed E-state index contributed by atoms with van der Waals surface area (Å²) >= 11 is 0. The fraction of sp³-hybridized carbons (Fsp3) is 0.300. The number of rotatable bonds is 4. The predicted octanol–water partition coefficient (Wildman–Crippen LogP) is 5.18. The molecular weight excluding hydrogens is 375 g/mol. The summed E-state index contributed by atoms with van der Waals surface area (Å²) in [5.74, 6) is -3.04. The fourth-order valence-electron chi connectivity index (χ4n) is 3.24. The SMILES string of the molecule is C/C=S(/CC)c1ccc(Oc2cc(F)cc(C#N)c2)c2c1[C@H](O)C(F)(F)C2. The number of nitrogens with zero attached hydrogens (tertiary/aromatic N) is 1. The van der Waals surface area contributed by atoms with Crippen molar-refractivity contribution in [3.05, 3.63) is 52.8 Å². The Bertz CT molecular complexity index is 966. The van der Waals surface area contributed by atoms with E-state index < -0.39 is 24.3 Å². The van der Waals surface area contributed by atoms with Gasteiger partial charge in [-0.15, -0.1) is 0 Å². The highest BCUT2D eigenvalue weighted by molar-refractivity contribution is 8.15. The highest BCUT2D eigenvalue weighted by atomic mass is 32.2. The van der Waals surface area contributed by atoms with E-state index in [1.165, 1.54) is 6.07 Å². The molecule has 1 N–H and O–H groups in total. The van der Waals surface area contributed by atoms with Gasteiger partial charge in [0.05, 0.1) is 11.6 Å². The van der Waals surface area contributed by atoms with Gasteiger partial charge >= 0.3 is 0 Å². The van der Waals surface area contributed by atoms with Crippen molar-refractivity contribution in [2.24, 2.45) is 0 Å². The van der Waals surface area contributed by atoms with Gasteiger partial charge in [0, 0.05) is 28.5 Å². The lowest BCUT2D eigenvalue weighted by molar-refractivity contribution is -0.0976. The highest BCUT2D eigenvalue weighted by Gasteiger charge is 2.49. The number of alkyl halides is 2. The van der Waals surface area contributed by atoms with Crippen LogP contribution in [-0.2, 0) is 6.42 Å². The molecule has 0 fully saturated rings. The van der Waals surface area contributed by atoms with Gasteiger partial charge in [0.1, 0.15) is 23.4 Å². The Labute approximate surface area is 157 Å². The Morgan fingerprint density at radius 1 is 1.37 bits per heavy atom. The molecule has 0 aromatic heterocycles. The number of ether oxygens (including phenoxy) is 1. The molecule has 0 saturated carbocycles. The van der Waals surface area contributed by atoms with E-state index >= 15 is 0 Å². The Morgan fingerprint density at radius 2 is 2.11 bits per heavy atom. The number of benzene rings is 2. The lowest BCUT2D eigenvalue weighted by atomic mass is 10.1. The molecule has 142 valence electrons. The van der Waals surface area contributed by atoms with E-state index in [1.54, 1.807) is 12.1 Å². The van der Waals surface area contributed by atoms with Crippen molar-refractivity contribution >= 4 is 15.9 Å². The molecule has 1 unspecified atom stereocenters. The van der Waals surface area contributed by atoms with Crippen LogP contribution in [0.25, 0.3) is 0 Å². The van der Waals surface area contributed by atoms with E-state index in [2.05, 4.69) is 0 Å². The van der Waals surface area contributed by atoms with E-state index in [1.807, 2.05) is 25.3 Å². The molecule has 0 spiro atoms. The van der Waals surface area contributed by atoms with E-state index in [0.29, 0.717) is 4.90 Å². The maximum absolute atomic E-state index is 14.3. The number of hydrogen-bond donors (Lipinski definition) is 1. The van der Waals surface area contributed by atoms with E-state index in [-0.39, 0.29) is 38.7 Å². The topological polar surface area (TPSA) is 53.2 Å². The fourth-order valence-corrected chi connectivity index (χ4v) is 4.89. The summed E-state index contributed by atoms with van der Waals surface area (Å²) in [6.07, 6.45) is -2.56. The highest BCUT2D eigenvalue weighted by Crippen LogP contribution is 2.51. The van der Waals surface area contributed by atoms with Gasteiger partial charge in [-0.3, -0.25) is 0 Å². The van der Waals surface area contributed by atoms with Crippen LogP contribution in [0.15, 0.2) is 35.2 Å². The summed E-state index contributed by atoms with van der Waals surface area (Å²) in [6, 6.07) is 8.55. The first kappa shape index (κ1) is 19.5. The summed E-state index contributed by atoms with van der Waals surface area (Å²) in [5.41, 5.74) is 0.481. The van der Waals surface area contributed by atoms with Gasteiger partial charge < -0.3 is 9.84 Å². The van der Waals surface area contributed by atoms with Gasteiger partial charge in [-0.1, -0.05) is 12.3 Å². The number of fused-ring (bicyclic) bond motifs is 1. The second-order valence-corrected chi connectivity index (χ2v) is 8.48. The minimum atomic E-state index is -3.30. The number of nitriles is 1. The molecule has 2 aromatic rings. The molecule has 0 bridgehead atoms. The average molecular weight is 393 g/mol. The molecule has 3 rings (SSSR count). The smallest absolute Gasteiger partial charge is 0.281 e. The van der Waals surface area contributed by atoms with Crippen LogP contribution in [0, 0.1) is 17.1 Å². The van der Waals surface area contributed by atoms with Crippen molar-refractivity contribution in [2.45, 2.75) is 37.2 Å². The lowest BCUT2D eigenvalue weighted by Crippen LogP contribution is -2.21. The molecule has 27 heavy (non-hydrogen) atoms. The summed E-state index contributed by atoms with van der Waals surface area (Å²) < 4.78 is 47.8. The minimum absolute atomic E-state index is 0.0442. The molecule has 2 atom stereocenters. The predicted molar refractivity (Wildman–Crippen MR) is 99.4 cm³/mol. The van der Waals surface area contributed by atoms with Crippen LogP contribution in [0.4, 0.5) is 13.2 Å². The maximum Gasteiger partial charge on any atom is 0.281 e. The largest absolute Gasteiger partial charge is 0.457 e. The summed E-state index contributed by atoms with van der Waals surface area (Å²) in [4.78, 5) is 0.670. The monoisotopic (exact) mass is 393 g/mol. The molecule has 7 heteroatoms. The van der Waals surface area contributed by atoms with Crippen LogP contribution in [0.3, 0.4) is 0 Å². The molecule has 1 aliphatic rings. The Kier molecular flexibility index (Phi) is 5.31. The zero-order valence-corrected chi connectivity index (χ0v) is 15.6. The zero-order chi connectivity index (χ0) is 19.8. The third-order valence-corrected chi connectivity index (χ3v) is 6.58. The van der Waals surface area contributed by atoms with Crippen molar-refractivity contribution in [3.63, 3.8) is 0 Å². The Balaban J connectivity index is 2.12. The Morgan fingerprint density at radius 3 is 2.74 bits per heavy atom. The van der Waals surface area contributed by atoms with Crippen molar-refractivity contribution in [3.8, 4) is 17.6 Å². The molecule has 0 heterocycles. The molecule has 0 aliphatic heterocycles. The van der Waals surface area contributed by atoms with Gasteiger partial charge in [0.2, 0.25) is 0 Å². The number of aliphatic hydroxyl groups is 1. The third kappa shape index (κ3) is 3.60. The first-order chi connectivity index (χ1) is 12.8. The molecule has 0 radical (unpaired) electrons. The molecule has 0 saturated heterocycles. The number of aliphatic hydroxyl groups excluding tert-OH is 1. The number of hydrogen-bond acceptors (Lipinski definition) is 3. The average Bonchev–Trinajstić information content (AvgIpc) is 2.87. The van der Waals surface area contributed by atoms with Crippen LogP contribution in [0.5, 0.6) is 11.5 Å². The van der Waals surface area contributed by atoms with Gasteiger partial charge in [0.15, 0.2) is 0 Å². The first-order valence-corrected chi connectivity index (χ1v) is 9.85. The van der Waals surface area contributed by atoms with Crippen molar-refractivity contribution in [1.29, 1.82) is 5.26 Å². The van der Waals surface area contributed by atoms with Crippen LogP contribution in [0.2, 0.25) is 0 Å². The zero-order valence-electron chi connectivity index (χ0n) is 14.8. The standard InChI is InChI=1S/C20H18F3NO2S/c1-3-27(4-2)17-6-5-16(15-10-20(22,23)19(25)18(15)17)26-14-8-12(11-24)7-13(21)9-14/h3,5-9,19,25H,4,10H2,1-2H3/t19-,27?/m0/s1. The molecule has 0 amide bonds. The summed E-state index contributed by atoms with van der Waals surface area (Å²) in [7, 11) is -0.378. The number of halogens is 3. The lowest BCUT2D eigenvalue weighted by Gasteiger charge is -2.18. The van der Waals surface area contributed by atoms with Crippen molar-refractivity contribution < 1.29 is 23.0 Å². The Hall–Kier alpha value is -2.30. The van der Waals surface area contributed by atoms with Crippen LogP contribution in [0.1, 0.15) is 36.6 Å². The summed E-state index contributed by atoms with van der Waals surface area (Å²) in [6.45, 7) is 3.81. The molecule has 1 aliphatic carbocycles. The second kappa shape index (κ2) is 7.37. The first-order valence-electron chi connectivity index (χ1n) is 8.40. The maximum atomic E-state index is 14.3. The minimum Gasteiger partial charge on any atom is -0.457 e. The molecule has 3 nitrogen and oxygen atoms in total. The van der Waals surface area contributed by atoms with Gasteiger partial charge in [0.25, 0.3) is 5.92 Å². The van der Waals surface area contributed by atoms with Crippen molar-refractivity contribution in [1.82, 2.24) is 0 Å². The normalized spacial score (nSPS) is 18.8. The van der Waals surface area contributed by atoms with E-state index in [0.717, 1.165) is 17.9 Å². The van der Waals surface area contributed by atoms with Crippen LogP contribution in [-0.4, -0.2) is 22.1 Å². The van der Waals surface area contributed by atoms with Crippen LogP contribution < -0.4 is 4.74 Å². The molecular formula is C20H18F3NO2S.